The highest BCUT2D eigenvalue weighted by Gasteiger charge is 2.17. The summed E-state index contributed by atoms with van der Waals surface area (Å²) in [7, 11) is 0. The van der Waals surface area contributed by atoms with E-state index in [-0.39, 0.29) is 0 Å². The Kier molecular flexibility index (Phi) is 6.35. The minimum Gasteiger partial charge on any atom is -0.378 e. The second-order valence-electron chi connectivity index (χ2n) is 5.23. The minimum absolute atomic E-state index is 0.448. The lowest BCUT2D eigenvalue weighted by atomic mass is 9.97. The van der Waals surface area contributed by atoms with Gasteiger partial charge in [-0.15, -0.1) is 0 Å². The predicted octanol–water partition coefficient (Wildman–Crippen LogP) is 4.45. The van der Waals surface area contributed by atoms with Crippen LogP contribution in [0.3, 0.4) is 0 Å². The van der Waals surface area contributed by atoms with Crippen molar-refractivity contribution in [2.45, 2.75) is 51.2 Å². The van der Waals surface area contributed by atoms with Gasteiger partial charge in [-0.1, -0.05) is 35.0 Å². The summed E-state index contributed by atoms with van der Waals surface area (Å²) in [4.78, 5) is 0. The van der Waals surface area contributed by atoms with E-state index in [9.17, 15) is 0 Å². The summed E-state index contributed by atoms with van der Waals surface area (Å²) in [6, 6.07) is 9.11. The predicted molar refractivity (Wildman–Crippen MR) is 83.4 cm³/mol. The summed E-state index contributed by atoms with van der Waals surface area (Å²) in [5, 5.41) is 3.59. The van der Waals surface area contributed by atoms with Crippen LogP contribution in [0.5, 0.6) is 0 Å². The lowest BCUT2D eigenvalue weighted by Crippen LogP contribution is -2.25. The molecule has 1 N–H and O–H groups in total. The SMILES string of the molecule is CCNC(CCC1CCCCO1)c1ccc(Br)cc1. The third-order valence-electron chi connectivity index (χ3n) is 3.77. The average molecular weight is 326 g/mol. The second-order valence-corrected chi connectivity index (χ2v) is 6.14. The molecule has 2 atom stereocenters. The van der Waals surface area contributed by atoms with Crippen molar-refractivity contribution in [2.75, 3.05) is 13.2 Å². The molecule has 106 valence electrons. The van der Waals surface area contributed by atoms with Gasteiger partial charge in [0.15, 0.2) is 0 Å². The van der Waals surface area contributed by atoms with Crippen molar-refractivity contribution < 1.29 is 4.74 Å². The average Bonchev–Trinajstić information content (AvgIpc) is 2.46. The van der Waals surface area contributed by atoms with Gasteiger partial charge in [-0.05, 0) is 56.3 Å². The van der Waals surface area contributed by atoms with Gasteiger partial charge in [-0.3, -0.25) is 0 Å². The Bertz CT molecular complexity index is 360. The number of rotatable bonds is 6. The van der Waals surface area contributed by atoms with Crippen molar-refractivity contribution in [1.82, 2.24) is 5.32 Å². The maximum absolute atomic E-state index is 5.83. The maximum Gasteiger partial charge on any atom is 0.0575 e. The highest BCUT2D eigenvalue weighted by atomic mass is 79.9. The zero-order valence-electron chi connectivity index (χ0n) is 11.7. The van der Waals surface area contributed by atoms with Crippen molar-refractivity contribution >= 4 is 15.9 Å². The van der Waals surface area contributed by atoms with Crippen LogP contribution < -0.4 is 5.32 Å². The summed E-state index contributed by atoms with van der Waals surface area (Å²) in [5.41, 5.74) is 1.38. The van der Waals surface area contributed by atoms with Gasteiger partial charge in [0.25, 0.3) is 0 Å². The molecule has 1 aromatic rings. The van der Waals surface area contributed by atoms with Gasteiger partial charge < -0.3 is 10.1 Å². The van der Waals surface area contributed by atoms with Gasteiger partial charge in [0.05, 0.1) is 6.10 Å². The van der Waals surface area contributed by atoms with Crippen LogP contribution in [-0.4, -0.2) is 19.3 Å². The molecule has 0 radical (unpaired) electrons. The largest absolute Gasteiger partial charge is 0.378 e. The van der Waals surface area contributed by atoms with Gasteiger partial charge in [-0.25, -0.2) is 0 Å². The molecule has 3 heteroatoms. The third kappa shape index (κ3) is 4.90. The highest BCUT2D eigenvalue weighted by molar-refractivity contribution is 9.10. The molecule has 0 amide bonds. The first-order valence-electron chi connectivity index (χ1n) is 7.40. The molecule has 0 spiro atoms. The van der Waals surface area contributed by atoms with E-state index < -0.39 is 0 Å². The molecule has 1 aromatic carbocycles. The number of nitrogens with one attached hydrogen (secondary N) is 1. The fourth-order valence-corrected chi connectivity index (χ4v) is 2.98. The monoisotopic (exact) mass is 325 g/mol. The zero-order chi connectivity index (χ0) is 13.5. The number of hydrogen-bond acceptors (Lipinski definition) is 2. The van der Waals surface area contributed by atoms with E-state index in [2.05, 4.69) is 52.4 Å². The van der Waals surface area contributed by atoms with Crippen molar-refractivity contribution in [3.63, 3.8) is 0 Å². The van der Waals surface area contributed by atoms with Crippen LogP contribution in [0.4, 0.5) is 0 Å². The van der Waals surface area contributed by atoms with Crippen LogP contribution in [0.1, 0.15) is 50.6 Å². The van der Waals surface area contributed by atoms with Gasteiger partial charge in [0.1, 0.15) is 0 Å². The standard InChI is InChI=1S/C16H24BrNO/c1-2-18-16(13-6-8-14(17)9-7-13)11-10-15-5-3-4-12-19-15/h6-9,15-16,18H,2-5,10-12H2,1H3. The summed E-state index contributed by atoms with van der Waals surface area (Å²) in [6.07, 6.45) is 6.59. The van der Waals surface area contributed by atoms with Gasteiger partial charge >= 0.3 is 0 Å². The first kappa shape index (κ1) is 15.0. The maximum atomic E-state index is 5.83. The molecule has 0 aliphatic carbocycles. The highest BCUT2D eigenvalue weighted by Crippen LogP contribution is 2.24. The molecule has 2 rings (SSSR count). The fourth-order valence-electron chi connectivity index (χ4n) is 2.72. The molecule has 1 saturated heterocycles. The second kappa shape index (κ2) is 8.03. The Labute approximate surface area is 125 Å². The smallest absolute Gasteiger partial charge is 0.0575 e. The van der Waals surface area contributed by atoms with E-state index in [1.165, 1.54) is 24.8 Å². The van der Waals surface area contributed by atoms with Crippen molar-refractivity contribution in [3.8, 4) is 0 Å². The van der Waals surface area contributed by atoms with Crippen LogP contribution in [-0.2, 0) is 4.74 Å². The number of ether oxygens (including phenoxy) is 1. The number of halogens is 1. The Balaban J connectivity index is 1.89. The van der Waals surface area contributed by atoms with Crippen molar-refractivity contribution in [3.05, 3.63) is 34.3 Å². The molecule has 2 unspecified atom stereocenters. The first-order valence-corrected chi connectivity index (χ1v) is 8.19. The molecular formula is C16H24BrNO. The van der Waals surface area contributed by atoms with Crippen LogP contribution in [0, 0.1) is 0 Å². The van der Waals surface area contributed by atoms with Crippen LogP contribution in [0.25, 0.3) is 0 Å². The molecule has 1 heterocycles. The summed E-state index contributed by atoms with van der Waals surface area (Å²) < 4.78 is 6.97. The minimum atomic E-state index is 0.448. The van der Waals surface area contributed by atoms with Gasteiger partial charge in [0.2, 0.25) is 0 Å². The van der Waals surface area contributed by atoms with E-state index in [1.54, 1.807) is 0 Å². The summed E-state index contributed by atoms with van der Waals surface area (Å²) in [5.74, 6) is 0. The van der Waals surface area contributed by atoms with Gasteiger partial charge in [-0.2, -0.15) is 0 Å². The lowest BCUT2D eigenvalue weighted by molar-refractivity contribution is 0.00856. The molecule has 2 nitrogen and oxygen atoms in total. The Morgan fingerprint density at radius 1 is 1.32 bits per heavy atom. The Hall–Kier alpha value is -0.380. The molecule has 1 aliphatic rings. The molecular weight excluding hydrogens is 302 g/mol. The van der Waals surface area contributed by atoms with Crippen molar-refractivity contribution in [1.29, 1.82) is 0 Å². The Morgan fingerprint density at radius 3 is 2.74 bits per heavy atom. The summed E-state index contributed by atoms with van der Waals surface area (Å²) >= 11 is 3.49. The normalized spacial score (nSPS) is 21.3. The van der Waals surface area contributed by atoms with E-state index >= 15 is 0 Å². The molecule has 19 heavy (non-hydrogen) atoms. The van der Waals surface area contributed by atoms with E-state index in [0.717, 1.165) is 30.5 Å². The molecule has 1 fully saturated rings. The van der Waals surface area contributed by atoms with E-state index in [4.69, 9.17) is 4.74 Å². The lowest BCUT2D eigenvalue weighted by Gasteiger charge is -2.25. The topological polar surface area (TPSA) is 21.3 Å². The Morgan fingerprint density at radius 2 is 2.11 bits per heavy atom. The quantitative estimate of drug-likeness (QED) is 0.834. The summed E-state index contributed by atoms with van der Waals surface area (Å²) in [6.45, 7) is 4.13. The van der Waals surface area contributed by atoms with Crippen molar-refractivity contribution in [2.24, 2.45) is 0 Å². The van der Waals surface area contributed by atoms with Crippen LogP contribution in [0.2, 0.25) is 0 Å². The first-order chi connectivity index (χ1) is 9.29. The number of benzene rings is 1. The fraction of sp³-hybridized carbons (Fsp3) is 0.625. The van der Waals surface area contributed by atoms with Gasteiger partial charge in [0, 0.05) is 17.1 Å². The van der Waals surface area contributed by atoms with Crippen LogP contribution in [0.15, 0.2) is 28.7 Å². The van der Waals surface area contributed by atoms with Crippen LogP contribution >= 0.6 is 15.9 Å². The third-order valence-corrected chi connectivity index (χ3v) is 4.30. The number of hydrogen-bond donors (Lipinski definition) is 1. The molecule has 1 aliphatic heterocycles. The zero-order valence-corrected chi connectivity index (χ0v) is 13.3. The molecule has 0 bridgehead atoms. The molecule has 0 saturated carbocycles. The van der Waals surface area contributed by atoms with E-state index in [0.29, 0.717) is 12.1 Å². The van der Waals surface area contributed by atoms with E-state index in [1.807, 2.05) is 0 Å². The molecule has 0 aromatic heterocycles.